The Kier molecular flexibility index (Phi) is 10.1. The van der Waals surface area contributed by atoms with Crippen molar-refractivity contribution in [3.8, 4) is 6.07 Å². The Bertz CT molecular complexity index is 870. The van der Waals surface area contributed by atoms with Crippen LogP contribution >= 0.6 is 24.8 Å². The predicted molar refractivity (Wildman–Crippen MR) is 114 cm³/mol. The van der Waals surface area contributed by atoms with Crippen molar-refractivity contribution in [1.29, 1.82) is 5.26 Å². The van der Waals surface area contributed by atoms with Crippen LogP contribution in [-0.2, 0) is 11.3 Å². The second-order valence-electron chi connectivity index (χ2n) is 6.31. The number of likely N-dealkylation sites (tertiary alicyclic amines) is 1. The van der Waals surface area contributed by atoms with Gasteiger partial charge in [0, 0.05) is 31.8 Å². The number of hydrogen-bond donors (Lipinski definition) is 3. The average Bonchev–Trinajstić information content (AvgIpc) is 3.14. The third-order valence-corrected chi connectivity index (χ3v) is 4.27. The second kappa shape index (κ2) is 12.0. The fourth-order valence-corrected chi connectivity index (χ4v) is 3.00. The van der Waals surface area contributed by atoms with E-state index in [9.17, 15) is 4.79 Å². The molecule has 0 unspecified atom stereocenters. The zero-order chi connectivity index (χ0) is 19.1. The van der Waals surface area contributed by atoms with Gasteiger partial charge < -0.3 is 5.32 Å². The Balaban J connectivity index is 0.00000210. The van der Waals surface area contributed by atoms with Crippen LogP contribution in [0.25, 0.3) is 6.08 Å². The molecule has 1 aliphatic heterocycles. The zero-order valence-electron chi connectivity index (χ0n) is 15.5. The van der Waals surface area contributed by atoms with E-state index in [2.05, 4.69) is 26.3 Å². The van der Waals surface area contributed by atoms with E-state index in [0.29, 0.717) is 17.1 Å². The van der Waals surface area contributed by atoms with Gasteiger partial charge in [-0.2, -0.15) is 5.26 Å². The molecule has 1 fully saturated rings. The van der Waals surface area contributed by atoms with E-state index in [-0.39, 0.29) is 30.9 Å². The lowest BCUT2D eigenvalue weighted by Gasteiger charge is -2.17. The summed E-state index contributed by atoms with van der Waals surface area (Å²) in [5.41, 5.74) is 3.86. The van der Waals surface area contributed by atoms with Gasteiger partial charge in [0.05, 0.1) is 29.7 Å². The molecule has 3 rings (SSSR count). The van der Waals surface area contributed by atoms with Gasteiger partial charge >= 0.3 is 0 Å². The maximum Gasteiger partial charge on any atom is 0.267 e. The van der Waals surface area contributed by atoms with Gasteiger partial charge in [0.15, 0.2) is 0 Å². The van der Waals surface area contributed by atoms with Crippen molar-refractivity contribution in [2.45, 2.75) is 19.0 Å². The summed E-state index contributed by atoms with van der Waals surface area (Å²) >= 11 is 0. The van der Waals surface area contributed by atoms with Gasteiger partial charge in [-0.1, -0.05) is 12.1 Å². The number of hydrogen-bond acceptors (Lipinski definition) is 7. The third kappa shape index (κ3) is 7.33. The number of halogens is 2. The summed E-state index contributed by atoms with van der Waals surface area (Å²) in [4.78, 5) is 21.8. The van der Waals surface area contributed by atoms with Crippen LogP contribution in [0.2, 0.25) is 0 Å². The quantitative estimate of drug-likeness (QED) is 0.361. The fourth-order valence-electron chi connectivity index (χ4n) is 3.00. The SMILES string of the molecule is Cl.Cl.N#Cc1cccc(CN2CC[C@@H](Nc3cnc(C=CC(=O)NO)cn3)C2)c1. The highest BCUT2D eigenvalue weighted by atomic mass is 35.5. The highest BCUT2D eigenvalue weighted by molar-refractivity contribution is 5.90. The summed E-state index contributed by atoms with van der Waals surface area (Å²) in [7, 11) is 0. The van der Waals surface area contributed by atoms with Crippen LogP contribution in [0.4, 0.5) is 5.82 Å². The molecule has 0 spiro atoms. The van der Waals surface area contributed by atoms with E-state index < -0.39 is 5.91 Å². The average molecular weight is 437 g/mol. The van der Waals surface area contributed by atoms with Crippen LogP contribution in [0.1, 0.15) is 23.2 Å². The number of rotatable bonds is 6. The number of aromatic nitrogens is 2. The molecule has 0 bridgehead atoms. The van der Waals surface area contributed by atoms with E-state index in [1.807, 2.05) is 24.3 Å². The van der Waals surface area contributed by atoms with Crippen LogP contribution < -0.4 is 10.8 Å². The van der Waals surface area contributed by atoms with Crippen LogP contribution in [0.15, 0.2) is 42.7 Å². The summed E-state index contributed by atoms with van der Waals surface area (Å²) in [6.45, 7) is 2.67. The van der Waals surface area contributed by atoms with E-state index in [1.54, 1.807) is 12.4 Å². The largest absolute Gasteiger partial charge is 0.365 e. The normalized spacial score (nSPS) is 15.8. The number of anilines is 1. The molecule has 10 heteroatoms. The third-order valence-electron chi connectivity index (χ3n) is 4.27. The minimum Gasteiger partial charge on any atom is -0.365 e. The van der Waals surface area contributed by atoms with E-state index in [0.717, 1.165) is 31.6 Å². The highest BCUT2D eigenvalue weighted by Gasteiger charge is 2.22. The van der Waals surface area contributed by atoms with Crippen LogP contribution in [0.3, 0.4) is 0 Å². The first-order chi connectivity index (χ1) is 13.2. The summed E-state index contributed by atoms with van der Waals surface area (Å²) < 4.78 is 0. The Morgan fingerprint density at radius 2 is 2.17 bits per heavy atom. The lowest BCUT2D eigenvalue weighted by Crippen LogP contribution is -2.26. The molecule has 2 aromatic rings. The Hall–Kier alpha value is -2.70. The molecule has 3 N–H and O–H groups in total. The van der Waals surface area contributed by atoms with Crippen molar-refractivity contribution in [2.75, 3.05) is 18.4 Å². The topological polar surface area (TPSA) is 114 Å². The zero-order valence-corrected chi connectivity index (χ0v) is 17.1. The molecule has 0 saturated carbocycles. The first kappa shape index (κ1) is 24.3. The standard InChI is InChI=1S/C19H20N6O2.2ClH/c20-9-14-2-1-3-15(8-14)12-25-7-6-17(13-25)23-18-11-21-16(10-22-18)4-5-19(26)24-27;;/h1-5,8,10-11,17,27H,6-7,12-13H2,(H,22,23)(H,24,26);2*1H/t17-;;/m1../s1. The molecule has 1 aliphatic rings. The first-order valence-corrected chi connectivity index (χ1v) is 8.58. The van der Waals surface area contributed by atoms with Crippen LogP contribution in [0, 0.1) is 11.3 Å². The van der Waals surface area contributed by atoms with Crippen molar-refractivity contribution in [2.24, 2.45) is 0 Å². The maximum atomic E-state index is 11.0. The van der Waals surface area contributed by atoms with Crippen molar-refractivity contribution in [1.82, 2.24) is 20.3 Å². The Morgan fingerprint density at radius 3 is 2.86 bits per heavy atom. The van der Waals surface area contributed by atoms with E-state index in [1.165, 1.54) is 17.6 Å². The van der Waals surface area contributed by atoms with Gasteiger partial charge in [-0.15, -0.1) is 24.8 Å². The molecule has 1 aromatic carbocycles. The summed E-state index contributed by atoms with van der Waals surface area (Å²) in [5, 5.41) is 20.8. The molecule has 1 atom stereocenters. The van der Waals surface area contributed by atoms with Gasteiger partial charge in [-0.25, -0.2) is 10.5 Å². The van der Waals surface area contributed by atoms with Crippen LogP contribution in [0.5, 0.6) is 0 Å². The Morgan fingerprint density at radius 1 is 1.34 bits per heavy atom. The van der Waals surface area contributed by atoms with Crippen molar-refractivity contribution >= 4 is 42.6 Å². The van der Waals surface area contributed by atoms with E-state index >= 15 is 0 Å². The first-order valence-electron chi connectivity index (χ1n) is 8.58. The second-order valence-corrected chi connectivity index (χ2v) is 6.31. The van der Waals surface area contributed by atoms with E-state index in [4.69, 9.17) is 10.5 Å². The Labute approximate surface area is 181 Å². The van der Waals surface area contributed by atoms with Gasteiger partial charge in [-0.05, 0) is 30.2 Å². The number of carbonyl (C=O) groups excluding carboxylic acids is 1. The molecular formula is C19H22Cl2N6O2. The number of nitriles is 1. The van der Waals surface area contributed by atoms with Gasteiger partial charge in [0.2, 0.25) is 0 Å². The molecular weight excluding hydrogens is 415 g/mol. The maximum absolute atomic E-state index is 11.0. The van der Waals surface area contributed by atoms with Crippen LogP contribution in [-0.4, -0.2) is 45.1 Å². The monoisotopic (exact) mass is 436 g/mol. The van der Waals surface area contributed by atoms with Gasteiger partial charge in [0.25, 0.3) is 5.91 Å². The molecule has 1 amide bonds. The molecule has 1 aromatic heterocycles. The minimum atomic E-state index is -0.620. The molecule has 154 valence electrons. The highest BCUT2D eigenvalue weighted by Crippen LogP contribution is 2.17. The number of hydroxylamine groups is 1. The molecule has 0 radical (unpaired) electrons. The molecule has 0 aliphatic carbocycles. The van der Waals surface area contributed by atoms with Crippen molar-refractivity contribution in [3.05, 3.63) is 59.6 Å². The van der Waals surface area contributed by atoms with Gasteiger partial charge in [0.1, 0.15) is 5.82 Å². The minimum absolute atomic E-state index is 0. The summed E-state index contributed by atoms with van der Waals surface area (Å²) in [5.74, 6) is 0.0578. The molecule has 2 heterocycles. The van der Waals surface area contributed by atoms with Crippen molar-refractivity contribution < 1.29 is 10.0 Å². The summed E-state index contributed by atoms with van der Waals surface area (Å²) in [6, 6.07) is 10.1. The molecule has 8 nitrogen and oxygen atoms in total. The van der Waals surface area contributed by atoms with Gasteiger partial charge in [-0.3, -0.25) is 19.9 Å². The number of benzene rings is 1. The molecule has 1 saturated heterocycles. The number of nitrogens with one attached hydrogen (secondary N) is 2. The number of carbonyl (C=O) groups is 1. The predicted octanol–water partition coefficient (Wildman–Crippen LogP) is 2.40. The number of nitrogens with zero attached hydrogens (tertiary/aromatic N) is 4. The lowest BCUT2D eigenvalue weighted by molar-refractivity contribution is -0.124. The van der Waals surface area contributed by atoms with Crippen molar-refractivity contribution in [3.63, 3.8) is 0 Å². The molecule has 29 heavy (non-hydrogen) atoms. The number of amides is 1. The smallest absolute Gasteiger partial charge is 0.267 e. The summed E-state index contributed by atoms with van der Waals surface area (Å²) in [6.07, 6.45) is 6.82. The fraction of sp³-hybridized carbons (Fsp3) is 0.263. The lowest BCUT2D eigenvalue weighted by atomic mass is 10.1.